The van der Waals surface area contributed by atoms with Crippen molar-refractivity contribution >= 4 is 0 Å². The van der Waals surface area contributed by atoms with Crippen molar-refractivity contribution in [1.29, 1.82) is 5.26 Å². The summed E-state index contributed by atoms with van der Waals surface area (Å²) < 4.78 is 0. The molecule has 1 nitrogen and oxygen atoms in total. The second kappa shape index (κ2) is 7.72. The van der Waals surface area contributed by atoms with Crippen molar-refractivity contribution in [1.82, 2.24) is 0 Å². The van der Waals surface area contributed by atoms with E-state index in [1.54, 1.807) is 6.42 Å². The van der Waals surface area contributed by atoms with Crippen LogP contribution >= 0.6 is 0 Å². The first kappa shape index (κ1) is 19.8. The molecule has 0 spiro atoms. The van der Waals surface area contributed by atoms with E-state index in [2.05, 4.69) is 26.8 Å². The number of nitriles is 1. The molecule has 0 aromatic carbocycles. The van der Waals surface area contributed by atoms with Gasteiger partial charge in [-0.2, -0.15) is 5.26 Å². The minimum absolute atomic E-state index is 0.615. The summed E-state index contributed by atoms with van der Waals surface area (Å²) in [5.74, 6) is 6.04. The van der Waals surface area contributed by atoms with Crippen molar-refractivity contribution in [3.8, 4) is 6.07 Å². The lowest BCUT2D eigenvalue weighted by atomic mass is 9.42. The summed E-state index contributed by atoms with van der Waals surface area (Å²) in [7, 11) is 0. The van der Waals surface area contributed by atoms with Gasteiger partial charge in [0.25, 0.3) is 0 Å². The first-order valence-electron chi connectivity index (χ1n) is 12.4. The summed E-state index contributed by atoms with van der Waals surface area (Å²) in [4.78, 5) is 0. The van der Waals surface area contributed by atoms with E-state index in [9.17, 15) is 0 Å². The van der Waals surface area contributed by atoms with E-state index in [1.807, 2.05) is 0 Å². The van der Waals surface area contributed by atoms with E-state index in [-0.39, 0.29) is 0 Å². The number of fused-ring (bicyclic) bond motifs is 5. The highest BCUT2D eigenvalue weighted by atomic mass is 14.7. The van der Waals surface area contributed by atoms with E-state index in [0.29, 0.717) is 10.8 Å². The van der Waals surface area contributed by atoms with Crippen LogP contribution in [0.15, 0.2) is 0 Å². The molecule has 4 fully saturated rings. The highest BCUT2D eigenvalue weighted by Gasteiger charge is 2.60. The molecule has 4 aliphatic rings. The minimum atomic E-state index is 0.615. The molecule has 0 heterocycles. The predicted octanol–water partition coefficient (Wildman–Crippen LogP) is 7.76. The summed E-state index contributed by atoms with van der Waals surface area (Å²) in [6.45, 7) is 7.90. The van der Waals surface area contributed by atoms with Crippen LogP contribution in [0.2, 0.25) is 0 Å². The van der Waals surface area contributed by atoms with E-state index >= 15 is 0 Å². The summed E-state index contributed by atoms with van der Waals surface area (Å²) in [6.07, 6.45) is 19.6. The first-order chi connectivity index (χ1) is 13.0. The molecule has 0 aliphatic heterocycles. The quantitative estimate of drug-likeness (QED) is 0.454. The normalized spacial score (nSPS) is 49.0. The fourth-order valence-corrected chi connectivity index (χ4v) is 9.20. The van der Waals surface area contributed by atoms with Crippen LogP contribution in [-0.4, -0.2) is 0 Å². The number of hydrogen-bond donors (Lipinski definition) is 0. The van der Waals surface area contributed by atoms with Gasteiger partial charge >= 0.3 is 0 Å². The van der Waals surface area contributed by atoms with Crippen LogP contribution in [-0.2, 0) is 0 Å². The first-order valence-corrected chi connectivity index (χ1v) is 12.4. The second-order valence-electron chi connectivity index (χ2n) is 11.4. The minimum Gasteiger partial charge on any atom is -0.198 e. The molecule has 27 heavy (non-hydrogen) atoms. The Balaban J connectivity index is 1.52. The third kappa shape index (κ3) is 3.18. The highest BCUT2D eigenvalue weighted by molar-refractivity contribution is 5.10. The molecule has 152 valence electrons. The van der Waals surface area contributed by atoms with Crippen LogP contribution in [0.4, 0.5) is 0 Å². The number of nitrogens with zero attached hydrogens (tertiary/aromatic N) is 1. The molecule has 0 aromatic heterocycles. The van der Waals surface area contributed by atoms with E-state index in [1.165, 1.54) is 70.6 Å². The summed E-state index contributed by atoms with van der Waals surface area (Å²) in [5, 5.41) is 8.84. The van der Waals surface area contributed by atoms with Gasteiger partial charge in [0.15, 0.2) is 0 Å². The Bertz CT molecular complexity index is 561. The number of unbranched alkanes of at least 4 members (excludes halogenated alkanes) is 2. The van der Waals surface area contributed by atoms with Crippen LogP contribution in [0.3, 0.4) is 0 Å². The van der Waals surface area contributed by atoms with Crippen LogP contribution in [0, 0.1) is 57.7 Å². The SMILES string of the molecule is CC[C@H]1CC2C3CCC(CCCCC#N)C3(C)CC[C@@H]2C2(C)CCCCC12. The average molecular weight is 370 g/mol. The van der Waals surface area contributed by atoms with Crippen molar-refractivity contribution in [2.75, 3.05) is 0 Å². The Morgan fingerprint density at radius 3 is 2.48 bits per heavy atom. The van der Waals surface area contributed by atoms with Crippen LogP contribution in [0.5, 0.6) is 0 Å². The molecule has 0 aromatic rings. The molecule has 4 saturated carbocycles. The molecule has 0 saturated heterocycles. The van der Waals surface area contributed by atoms with Gasteiger partial charge in [-0.05, 0) is 104 Å². The van der Waals surface area contributed by atoms with Crippen LogP contribution in [0.1, 0.15) is 111 Å². The molecular weight excluding hydrogens is 326 g/mol. The molecule has 0 radical (unpaired) electrons. The van der Waals surface area contributed by atoms with Gasteiger partial charge in [-0.25, -0.2) is 0 Å². The standard InChI is InChI=1S/C26H43N/c1-4-19-18-21-23-13-12-20(10-6-5-9-17-27)25(23,2)16-14-24(21)26(3)15-8-7-11-22(19)26/h19-24H,4-16,18H2,1-3H3/t19-,20?,21?,22?,23?,24-,25?,26?/m0/s1. The molecule has 0 bridgehead atoms. The Morgan fingerprint density at radius 2 is 1.70 bits per heavy atom. The Kier molecular flexibility index (Phi) is 5.66. The van der Waals surface area contributed by atoms with Crippen molar-refractivity contribution in [3.05, 3.63) is 0 Å². The van der Waals surface area contributed by atoms with E-state index < -0.39 is 0 Å². The molecule has 0 amide bonds. The van der Waals surface area contributed by atoms with E-state index in [4.69, 9.17) is 5.26 Å². The molecule has 4 rings (SSSR count). The summed E-state index contributed by atoms with van der Waals surface area (Å²) >= 11 is 0. The Labute approximate surface area is 168 Å². The smallest absolute Gasteiger partial charge is 0.0621 e. The monoisotopic (exact) mass is 369 g/mol. The maximum Gasteiger partial charge on any atom is 0.0621 e. The predicted molar refractivity (Wildman–Crippen MR) is 113 cm³/mol. The maximum atomic E-state index is 8.84. The summed E-state index contributed by atoms with van der Waals surface area (Å²) in [5.41, 5.74) is 1.28. The van der Waals surface area contributed by atoms with Gasteiger partial charge in [0.2, 0.25) is 0 Å². The Hall–Kier alpha value is -0.510. The van der Waals surface area contributed by atoms with Gasteiger partial charge in [0.1, 0.15) is 0 Å². The fourth-order valence-electron chi connectivity index (χ4n) is 9.20. The van der Waals surface area contributed by atoms with Crippen LogP contribution in [0.25, 0.3) is 0 Å². The Morgan fingerprint density at radius 1 is 0.889 bits per heavy atom. The van der Waals surface area contributed by atoms with Gasteiger partial charge in [-0.1, -0.05) is 46.5 Å². The number of rotatable bonds is 5. The molecule has 1 heteroatoms. The third-order valence-electron chi connectivity index (χ3n) is 10.6. The number of hydrogen-bond acceptors (Lipinski definition) is 1. The van der Waals surface area contributed by atoms with Gasteiger partial charge < -0.3 is 0 Å². The van der Waals surface area contributed by atoms with Gasteiger partial charge in [0.05, 0.1) is 6.07 Å². The average Bonchev–Trinajstić information content (AvgIpc) is 3.00. The largest absolute Gasteiger partial charge is 0.198 e. The van der Waals surface area contributed by atoms with Gasteiger partial charge in [-0.3, -0.25) is 0 Å². The van der Waals surface area contributed by atoms with Crippen LogP contribution < -0.4 is 0 Å². The van der Waals surface area contributed by atoms with Gasteiger partial charge in [-0.15, -0.1) is 0 Å². The van der Waals surface area contributed by atoms with Crippen molar-refractivity contribution < 1.29 is 0 Å². The van der Waals surface area contributed by atoms with E-state index in [0.717, 1.165) is 48.3 Å². The zero-order valence-electron chi connectivity index (χ0n) is 18.3. The highest BCUT2D eigenvalue weighted by Crippen LogP contribution is 2.69. The lowest BCUT2D eigenvalue weighted by molar-refractivity contribution is -0.135. The van der Waals surface area contributed by atoms with Gasteiger partial charge in [0, 0.05) is 6.42 Å². The zero-order valence-corrected chi connectivity index (χ0v) is 18.3. The molecule has 4 aliphatic carbocycles. The lowest BCUT2D eigenvalue weighted by Crippen LogP contribution is -2.55. The third-order valence-corrected chi connectivity index (χ3v) is 10.6. The molecular formula is C26H43N. The molecule has 0 N–H and O–H groups in total. The molecule has 6 unspecified atom stereocenters. The molecule has 8 atom stereocenters. The van der Waals surface area contributed by atoms with Crippen molar-refractivity contribution in [3.63, 3.8) is 0 Å². The summed E-state index contributed by atoms with van der Waals surface area (Å²) in [6, 6.07) is 2.34. The topological polar surface area (TPSA) is 23.8 Å². The van der Waals surface area contributed by atoms with Crippen molar-refractivity contribution in [2.24, 2.45) is 46.3 Å². The second-order valence-corrected chi connectivity index (χ2v) is 11.4. The maximum absolute atomic E-state index is 8.84. The lowest BCUT2D eigenvalue weighted by Gasteiger charge is -2.62. The fraction of sp³-hybridized carbons (Fsp3) is 0.962. The zero-order chi connectivity index (χ0) is 19.1. The van der Waals surface area contributed by atoms with Crippen molar-refractivity contribution in [2.45, 2.75) is 111 Å².